The highest BCUT2D eigenvalue weighted by Crippen LogP contribution is 2.20. The van der Waals surface area contributed by atoms with Crippen LogP contribution in [0.25, 0.3) is 0 Å². The van der Waals surface area contributed by atoms with E-state index in [4.69, 9.17) is 4.98 Å². The fourth-order valence-corrected chi connectivity index (χ4v) is 2.90. The minimum atomic E-state index is 0.321. The standard InChI is InChI=1S/C18H28N2O/c1-15(21)9-6-4-2-3-5-7-11-17-13-12-16-10-8-14-19-18(16)20-17/h12-13H,2-11,14H2,1H3,(H,19,20). The second-order valence-corrected chi connectivity index (χ2v) is 6.16. The molecule has 0 unspecified atom stereocenters. The van der Waals surface area contributed by atoms with E-state index < -0.39 is 0 Å². The van der Waals surface area contributed by atoms with E-state index in [0.717, 1.165) is 38.0 Å². The predicted octanol–water partition coefficient (Wildman–Crippen LogP) is 4.30. The number of anilines is 1. The SMILES string of the molecule is CC(=O)CCCCCCCCc1ccc2c(n1)NCCC2. The van der Waals surface area contributed by atoms with Crippen LogP contribution < -0.4 is 5.32 Å². The number of nitrogens with one attached hydrogen (secondary N) is 1. The van der Waals surface area contributed by atoms with Gasteiger partial charge in [0.25, 0.3) is 0 Å². The highest BCUT2D eigenvalue weighted by molar-refractivity contribution is 5.75. The van der Waals surface area contributed by atoms with Gasteiger partial charge in [-0.25, -0.2) is 4.98 Å². The monoisotopic (exact) mass is 288 g/mol. The predicted molar refractivity (Wildman–Crippen MR) is 87.8 cm³/mol. The minimum absolute atomic E-state index is 0.321. The van der Waals surface area contributed by atoms with E-state index in [9.17, 15) is 4.79 Å². The number of carbonyl (C=O) groups is 1. The molecule has 3 nitrogen and oxygen atoms in total. The maximum absolute atomic E-state index is 10.8. The fraction of sp³-hybridized carbons (Fsp3) is 0.667. The fourth-order valence-electron chi connectivity index (χ4n) is 2.90. The van der Waals surface area contributed by atoms with Crippen LogP contribution in [-0.2, 0) is 17.6 Å². The van der Waals surface area contributed by atoms with Crippen molar-refractivity contribution in [2.45, 2.75) is 71.1 Å². The molecule has 0 spiro atoms. The van der Waals surface area contributed by atoms with Crippen molar-refractivity contribution < 1.29 is 4.79 Å². The summed E-state index contributed by atoms with van der Waals surface area (Å²) in [5.74, 6) is 1.44. The molecule has 0 saturated heterocycles. The largest absolute Gasteiger partial charge is 0.370 e. The van der Waals surface area contributed by atoms with Crippen LogP contribution in [-0.4, -0.2) is 17.3 Å². The van der Waals surface area contributed by atoms with Gasteiger partial charge in [0.15, 0.2) is 0 Å². The third-order valence-electron chi connectivity index (χ3n) is 4.16. The summed E-state index contributed by atoms with van der Waals surface area (Å²) in [6, 6.07) is 4.43. The van der Waals surface area contributed by atoms with Gasteiger partial charge in [0.1, 0.15) is 11.6 Å². The summed E-state index contributed by atoms with van der Waals surface area (Å²) >= 11 is 0. The average molecular weight is 288 g/mol. The molecule has 0 fully saturated rings. The molecular formula is C18H28N2O. The van der Waals surface area contributed by atoms with Gasteiger partial charge < -0.3 is 10.1 Å². The van der Waals surface area contributed by atoms with Crippen molar-refractivity contribution in [2.24, 2.45) is 0 Å². The first kappa shape index (κ1) is 16.0. The van der Waals surface area contributed by atoms with Gasteiger partial charge in [0.2, 0.25) is 0 Å². The first-order valence-electron chi connectivity index (χ1n) is 8.48. The van der Waals surface area contributed by atoms with Gasteiger partial charge >= 0.3 is 0 Å². The Kier molecular flexibility index (Phi) is 6.71. The topological polar surface area (TPSA) is 42.0 Å². The average Bonchev–Trinajstić information content (AvgIpc) is 2.49. The minimum Gasteiger partial charge on any atom is -0.370 e. The number of Topliss-reactive ketones (excluding diaryl/α,β-unsaturated/α-hetero) is 1. The molecule has 21 heavy (non-hydrogen) atoms. The molecule has 0 saturated carbocycles. The molecule has 0 atom stereocenters. The van der Waals surface area contributed by atoms with Crippen LogP contribution in [0.4, 0.5) is 5.82 Å². The van der Waals surface area contributed by atoms with E-state index in [1.165, 1.54) is 49.8 Å². The number of carbonyl (C=O) groups excluding carboxylic acids is 1. The van der Waals surface area contributed by atoms with Crippen molar-refractivity contribution in [3.05, 3.63) is 23.4 Å². The number of pyridine rings is 1. The first-order valence-corrected chi connectivity index (χ1v) is 8.48. The Balaban J connectivity index is 1.57. The summed E-state index contributed by atoms with van der Waals surface area (Å²) in [4.78, 5) is 15.6. The van der Waals surface area contributed by atoms with E-state index in [0.29, 0.717) is 5.78 Å². The number of rotatable bonds is 9. The summed E-state index contributed by atoms with van der Waals surface area (Å²) in [7, 11) is 0. The summed E-state index contributed by atoms with van der Waals surface area (Å²) in [6.07, 6.45) is 11.5. The van der Waals surface area contributed by atoms with Crippen LogP contribution in [0.1, 0.15) is 69.5 Å². The number of aromatic nitrogens is 1. The first-order chi connectivity index (χ1) is 10.3. The second kappa shape index (κ2) is 8.81. The van der Waals surface area contributed by atoms with Gasteiger partial charge in [-0.2, -0.15) is 0 Å². The van der Waals surface area contributed by atoms with Gasteiger partial charge in [-0.05, 0) is 50.7 Å². The summed E-state index contributed by atoms with van der Waals surface area (Å²) in [5.41, 5.74) is 2.59. The molecule has 2 rings (SSSR count). The van der Waals surface area contributed by atoms with E-state index in [2.05, 4.69) is 17.4 Å². The lowest BCUT2D eigenvalue weighted by atomic mass is 10.0. The Bertz CT molecular complexity index is 457. The number of nitrogens with zero attached hydrogens (tertiary/aromatic N) is 1. The number of aryl methyl sites for hydroxylation is 2. The Morgan fingerprint density at radius 1 is 1.14 bits per heavy atom. The third kappa shape index (κ3) is 5.86. The van der Waals surface area contributed by atoms with Gasteiger partial charge in [-0.1, -0.05) is 31.7 Å². The molecule has 2 heterocycles. The zero-order chi connectivity index (χ0) is 14.9. The van der Waals surface area contributed by atoms with Crippen LogP contribution in [0.2, 0.25) is 0 Å². The van der Waals surface area contributed by atoms with E-state index in [-0.39, 0.29) is 0 Å². The molecule has 116 valence electrons. The quantitative estimate of drug-likeness (QED) is 0.689. The zero-order valence-electron chi connectivity index (χ0n) is 13.3. The molecule has 0 amide bonds. The van der Waals surface area contributed by atoms with Crippen molar-refractivity contribution in [1.29, 1.82) is 0 Å². The highest BCUT2D eigenvalue weighted by Gasteiger charge is 2.09. The van der Waals surface area contributed by atoms with Crippen LogP contribution in [0.5, 0.6) is 0 Å². The molecule has 0 aromatic carbocycles. The van der Waals surface area contributed by atoms with E-state index >= 15 is 0 Å². The van der Waals surface area contributed by atoms with Crippen LogP contribution in [0.3, 0.4) is 0 Å². The van der Waals surface area contributed by atoms with Crippen molar-refractivity contribution in [1.82, 2.24) is 4.98 Å². The Morgan fingerprint density at radius 2 is 1.90 bits per heavy atom. The molecule has 0 radical (unpaired) electrons. The molecule has 0 aliphatic carbocycles. The number of fused-ring (bicyclic) bond motifs is 1. The number of ketones is 1. The molecule has 1 aromatic rings. The number of hydrogen-bond donors (Lipinski definition) is 1. The van der Waals surface area contributed by atoms with E-state index in [1.54, 1.807) is 6.92 Å². The Morgan fingerprint density at radius 3 is 2.71 bits per heavy atom. The lowest BCUT2D eigenvalue weighted by Gasteiger charge is -2.17. The Hall–Kier alpha value is -1.38. The smallest absolute Gasteiger partial charge is 0.129 e. The molecular weight excluding hydrogens is 260 g/mol. The van der Waals surface area contributed by atoms with Crippen LogP contribution >= 0.6 is 0 Å². The third-order valence-corrected chi connectivity index (χ3v) is 4.16. The zero-order valence-corrected chi connectivity index (χ0v) is 13.3. The molecule has 1 aliphatic rings. The van der Waals surface area contributed by atoms with Crippen LogP contribution in [0, 0.1) is 0 Å². The van der Waals surface area contributed by atoms with Crippen molar-refractivity contribution in [3.63, 3.8) is 0 Å². The molecule has 1 aromatic heterocycles. The maximum Gasteiger partial charge on any atom is 0.129 e. The number of unbranched alkanes of at least 4 members (excludes halogenated alkanes) is 5. The normalized spacial score (nSPS) is 13.6. The van der Waals surface area contributed by atoms with Crippen molar-refractivity contribution >= 4 is 11.6 Å². The molecule has 1 N–H and O–H groups in total. The highest BCUT2D eigenvalue weighted by atomic mass is 16.1. The van der Waals surface area contributed by atoms with Crippen LogP contribution in [0.15, 0.2) is 12.1 Å². The Labute approximate surface area is 128 Å². The maximum atomic E-state index is 10.8. The van der Waals surface area contributed by atoms with Gasteiger partial charge in [0.05, 0.1) is 0 Å². The van der Waals surface area contributed by atoms with Gasteiger partial charge in [-0.3, -0.25) is 0 Å². The lowest BCUT2D eigenvalue weighted by molar-refractivity contribution is -0.117. The van der Waals surface area contributed by atoms with Crippen molar-refractivity contribution in [2.75, 3.05) is 11.9 Å². The van der Waals surface area contributed by atoms with E-state index in [1.807, 2.05) is 0 Å². The van der Waals surface area contributed by atoms with Crippen molar-refractivity contribution in [3.8, 4) is 0 Å². The number of hydrogen-bond acceptors (Lipinski definition) is 3. The molecule has 1 aliphatic heterocycles. The summed E-state index contributed by atoms with van der Waals surface area (Å²) in [5, 5.41) is 3.40. The second-order valence-electron chi connectivity index (χ2n) is 6.16. The summed E-state index contributed by atoms with van der Waals surface area (Å²) < 4.78 is 0. The molecule has 3 heteroatoms. The van der Waals surface area contributed by atoms with Gasteiger partial charge in [-0.15, -0.1) is 0 Å². The summed E-state index contributed by atoms with van der Waals surface area (Å²) in [6.45, 7) is 2.74. The lowest BCUT2D eigenvalue weighted by Crippen LogP contribution is -2.13. The van der Waals surface area contributed by atoms with Gasteiger partial charge in [0, 0.05) is 18.7 Å². The molecule has 0 bridgehead atoms.